The molecule has 0 fully saturated rings. The molecular weight excluding hydrogens is 336 g/mol. The van der Waals surface area contributed by atoms with E-state index in [0.717, 1.165) is 17.2 Å². The number of hydrogen-bond acceptors (Lipinski definition) is 5. The van der Waals surface area contributed by atoms with E-state index >= 15 is 0 Å². The smallest absolute Gasteiger partial charge is 0.331 e. The Morgan fingerprint density at radius 1 is 1.19 bits per heavy atom. The first-order valence-electron chi connectivity index (χ1n) is 7.81. The van der Waals surface area contributed by atoms with Gasteiger partial charge in [-0.05, 0) is 37.1 Å². The first kappa shape index (κ1) is 18.9. The summed E-state index contributed by atoms with van der Waals surface area (Å²) in [6.45, 7) is 3.40. The number of amides is 1. The molecular formula is C19H18N2O5. The number of carbonyl (C=O) groups is 2. The summed E-state index contributed by atoms with van der Waals surface area (Å²) in [4.78, 5) is 33.7. The van der Waals surface area contributed by atoms with E-state index in [2.05, 4.69) is 5.32 Å². The average Bonchev–Trinajstić information content (AvgIpc) is 2.61. The van der Waals surface area contributed by atoms with Crippen molar-refractivity contribution in [2.75, 3.05) is 11.9 Å². The van der Waals surface area contributed by atoms with Crippen LogP contribution in [0.25, 0.3) is 6.08 Å². The summed E-state index contributed by atoms with van der Waals surface area (Å²) < 4.78 is 4.87. The molecule has 0 heterocycles. The summed E-state index contributed by atoms with van der Waals surface area (Å²) in [6, 6.07) is 11.4. The Bertz CT molecular complexity index is 874. The zero-order valence-corrected chi connectivity index (χ0v) is 14.4. The van der Waals surface area contributed by atoms with E-state index in [1.54, 1.807) is 12.1 Å². The third-order valence-electron chi connectivity index (χ3n) is 3.49. The molecule has 0 unspecified atom stereocenters. The minimum atomic E-state index is -0.715. The van der Waals surface area contributed by atoms with Crippen molar-refractivity contribution in [3.05, 3.63) is 75.3 Å². The number of nitro groups is 1. The monoisotopic (exact) mass is 354 g/mol. The summed E-state index contributed by atoms with van der Waals surface area (Å²) in [5, 5.41) is 13.4. The zero-order chi connectivity index (χ0) is 19.1. The number of esters is 1. The summed E-state index contributed by atoms with van der Waals surface area (Å²) >= 11 is 0. The minimum absolute atomic E-state index is 0.0756. The predicted molar refractivity (Wildman–Crippen MR) is 97.6 cm³/mol. The van der Waals surface area contributed by atoms with Crippen molar-refractivity contribution in [1.82, 2.24) is 0 Å². The number of hydrogen-bond donors (Lipinski definition) is 1. The molecule has 0 atom stereocenters. The van der Waals surface area contributed by atoms with Crippen molar-refractivity contribution < 1.29 is 19.2 Å². The van der Waals surface area contributed by atoms with Crippen LogP contribution >= 0.6 is 0 Å². The van der Waals surface area contributed by atoms with Crippen molar-refractivity contribution in [2.24, 2.45) is 0 Å². The van der Waals surface area contributed by atoms with E-state index in [4.69, 9.17) is 4.74 Å². The molecule has 0 aliphatic heterocycles. The normalized spacial score (nSPS) is 10.5. The Morgan fingerprint density at radius 2 is 1.96 bits per heavy atom. The Kier molecular flexibility index (Phi) is 6.21. The van der Waals surface area contributed by atoms with Crippen LogP contribution in [0.2, 0.25) is 0 Å². The van der Waals surface area contributed by atoms with E-state index in [0.29, 0.717) is 11.3 Å². The van der Waals surface area contributed by atoms with E-state index in [9.17, 15) is 19.7 Å². The van der Waals surface area contributed by atoms with Crippen molar-refractivity contribution in [3.8, 4) is 0 Å². The molecule has 134 valence electrons. The molecule has 0 spiro atoms. The van der Waals surface area contributed by atoms with Gasteiger partial charge in [-0.2, -0.15) is 0 Å². The number of rotatable bonds is 6. The molecule has 7 nitrogen and oxygen atoms in total. The molecule has 0 radical (unpaired) electrons. The van der Waals surface area contributed by atoms with Crippen LogP contribution in [0.5, 0.6) is 0 Å². The largest absolute Gasteiger partial charge is 0.452 e. The van der Waals surface area contributed by atoms with Crippen LogP contribution in [-0.2, 0) is 14.3 Å². The number of aryl methyl sites for hydroxylation is 2. The second-order valence-electron chi connectivity index (χ2n) is 5.66. The van der Waals surface area contributed by atoms with Gasteiger partial charge in [-0.1, -0.05) is 29.8 Å². The molecule has 0 aliphatic carbocycles. The Balaban J connectivity index is 1.87. The van der Waals surface area contributed by atoms with Gasteiger partial charge in [-0.3, -0.25) is 14.9 Å². The molecule has 26 heavy (non-hydrogen) atoms. The van der Waals surface area contributed by atoms with Gasteiger partial charge in [-0.25, -0.2) is 4.79 Å². The number of benzene rings is 2. The molecule has 0 saturated heterocycles. The Labute approximate surface area is 150 Å². The number of nitrogens with zero attached hydrogens (tertiary/aromatic N) is 1. The van der Waals surface area contributed by atoms with Crippen molar-refractivity contribution in [2.45, 2.75) is 13.8 Å². The highest BCUT2D eigenvalue weighted by Gasteiger charge is 2.08. The molecule has 7 heteroatoms. The van der Waals surface area contributed by atoms with Crippen LogP contribution < -0.4 is 5.32 Å². The first-order chi connectivity index (χ1) is 12.3. The maximum Gasteiger partial charge on any atom is 0.331 e. The average molecular weight is 354 g/mol. The number of anilines is 1. The summed E-state index contributed by atoms with van der Waals surface area (Å²) in [6.07, 6.45) is 2.50. The molecule has 0 aromatic heterocycles. The standard InChI is InChI=1S/C19H18N2O5/c1-13-6-8-17(14(2)10-13)20-18(22)12-26-19(23)9-7-15-4-3-5-16(11-15)21(24)25/h3-11H,12H2,1-2H3,(H,20,22)/b9-7+. The van der Waals surface area contributed by atoms with Crippen LogP contribution in [-0.4, -0.2) is 23.4 Å². The first-order valence-corrected chi connectivity index (χ1v) is 7.81. The van der Waals surface area contributed by atoms with E-state index in [-0.39, 0.29) is 5.69 Å². The minimum Gasteiger partial charge on any atom is -0.452 e. The lowest BCUT2D eigenvalue weighted by Crippen LogP contribution is -2.20. The second-order valence-corrected chi connectivity index (χ2v) is 5.66. The van der Waals surface area contributed by atoms with Gasteiger partial charge in [0.2, 0.25) is 0 Å². The molecule has 1 N–H and O–H groups in total. The highest BCUT2D eigenvalue weighted by atomic mass is 16.6. The van der Waals surface area contributed by atoms with Gasteiger partial charge in [0.05, 0.1) is 4.92 Å². The maximum absolute atomic E-state index is 11.9. The summed E-state index contributed by atoms with van der Waals surface area (Å²) in [5.41, 5.74) is 3.06. The van der Waals surface area contributed by atoms with Gasteiger partial charge in [-0.15, -0.1) is 0 Å². The van der Waals surface area contributed by atoms with E-state index in [1.165, 1.54) is 24.3 Å². The Hall–Kier alpha value is -3.48. The van der Waals surface area contributed by atoms with Crippen LogP contribution in [0.4, 0.5) is 11.4 Å². The molecule has 1 amide bonds. The number of nitro benzene ring substituents is 1. The maximum atomic E-state index is 11.9. The fraction of sp³-hybridized carbons (Fsp3) is 0.158. The van der Waals surface area contributed by atoms with E-state index in [1.807, 2.05) is 26.0 Å². The molecule has 2 aromatic rings. The third-order valence-corrected chi connectivity index (χ3v) is 3.49. The van der Waals surface area contributed by atoms with Crippen LogP contribution in [0, 0.1) is 24.0 Å². The quantitative estimate of drug-likeness (QED) is 0.371. The number of nitrogens with one attached hydrogen (secondary N) is 1. The van der Waals surface area contributed by atoms with Crippen LogP contribution in [0.1, 0.15) is 16.7 Å². The van der Waals surface area contributed by atoms with Crippen LogP contribution in [0.3, 0.4) is 0 Å². The topological polar surface area (TPSA) is 98.5 Å². The van der Waals surface area contributed by atoms with Gasteiger partial charge >= 0.3 is 5.97 Å². The fourth-order valence-electron chi connectivity index (χ4n) is 2.23. The van der Waals surface area contributed by atoms with Gasteiger partial charge in [0.1, 0.15) is 0 Å². The van der Waals surface area contributed by atoms with Gasteiger partial charge in [0.15, 0.2) is 6.61 Å². The number of non-ortho nitro benzene ring substituents is 1. The van der Waals surface area contributed by atoms with E-state index < -0.39 is 23.4 Å². The SMILES string of the molecule is Cc1ccc(NC(=O)COC(=O)/C=C/c2cccc([N+](=O)[O-])c2)c(C)c1. The van der Waals surface area contributed by atoms with Crippen molar-refractivity contribution >= 4 is 29.3 Å². The highest BCUT2D eigenvalue weighted by molar-refractivity contribution is 5.95. The lowest BCUT2D eigenvalue weighted by Gasteiger charge is -2.09. The highest BCUT2D eigenvalue weighted by Crippen LogP contribution is 2.16. The van der Waals surface area contributed by atoms with Crippen molar-refractivity contribution in [1.29, 1.82) is 0 Å². The molecule has 0 bridgehead atoms. The molecule has 2 rings (SSSR count). The summed E-state index contributed by atoms with van der Waals surface area (Å²) in [5.74, 6) is -1.17. The lowest BCUT2D eigenvalue weighted by molar-refractivity contribution is -0.384. The molecule has 0 aliphatic rings. The zero-order valence-electron chi connectivity index (χ0n) is 14.4. The summed E-state index contributed by atoms with van der Waals surface area (Å²) in [7, 11) is 0. The lowest BCUT2D eigenvalue weighted by atomic mass is 10.1. The van der Waals surface area contributed by atoms with Crippen molar-refractivity contribution in [3.63, 3.8) is 0 Å². The number of ether oxygens (including phenoxy) is 1. The van der Waals surface area contributed by atoms with Crippen LogP contribution in [0.15, 0.2) is 48.5 Å². The Morgan fingerprint density at radius 3 is 2.65 bits per heavy atom. The predicted octanol–water partition coefficient (Wildman–Crippen LogP) is 3.41. The third kappa shape index (κ3) is 5.55. The van der Waals surface area contributed by atoms with Gasteiger partial charge in [0.25, 0.3) is 11.6 Å². The van der Waals surface area contributed by atoms with Gasteiger partial charge < -0.3 is 10.1 Å². The number of carbonyl (C=O) groups excluding carboxylic acids is 2. The second kappa shape index (κ2) is 8.57. The van der Waals surface area contributed by atoms with Gasteiger partial charge in [0, 0.05) is 23.9 Å². The molecule has 2 aromatic carbocycles. The molecule has 0 saturated carbocycles. The fourth-order valence-corrected chi connectivity index (χ4v) is 2.23.